The van der Waals surface area contributed by atoms with Crippen molar-refractivity contribution in [3.05, 3.63) is 94.3 Å². The van der Waals surface area contributed by atoms with Crippen molar-refractivity contribution in [2.45, 2.75) is 44.2 Å². The maximum atomic E-state index is 12.3. The van der Waals surface area contributed by atoms with Crippen LogP contribution in [0.15, 0.2) is 73.1 Å². The molecule has 0 aliphatic heterocycles. The first-order valence-corrected chi connectivity index (χ1v) is 14.4. The predicted octanol–water partition coefficient (Wildman–Crippen LogP) is 4.91. The first kappa shape index (κ1) is 28.2. The van der Waals surface area contributed by atoms with Crippen LogP contribution in [0, 0.1) is 16.0 Å². The van der Waals surface area contributed by atoms with Gasteiger partial charge in [0, 0.05) is 35.6 Å². The number of hydrogen-bond acceptors (Lipinski definition) is 11. The Morgan fingerprint density at radius 2 is 1.81 bits per heavy atom. The number of aliphatic hydroxyl groups excluding tert-OH is 1. The van der Waals surface area contributed by atoms with Gasteiger partial charge in [0.1, 0.15) is 18.9 Å². The lowest BCUT2D eigenvalue weighted by atomic mass is 9.82. The largest absolute Gasteiger partial charge is 0.494 e. The summed E-state index contributed by atoms with van der Waals surface area (Å²) in [6.45, 7) is 0.0680. The second-order valence-electron chi connectivity index (χ2n) is 10.5. The molecule has 1 aliphatic carbocycles. The molecule has 5 aromatic rings. The Hall–Kier alpha value is -4.88. The van der Waals surface area contributed by atoms with Crippen molar-refractivity contribution >= 4 is 43.2 Å². The number of nitrogens with one attached hydrogen (secondary N) is 1. The summed E-state index contributed by atoms with van der Waals surface area (Å²) < 4.78 is 7.74. The molecule has 2 aromatic carbocycles. The van der Waals surface area contributed by atoms with E-state index >= 15 is 0 Å². The highest BCUT2D eigenvalue weighted by Crippen LogP contribution is 2.39. The van der Waals surface area contributed by atoms with E-state index in [4.69, 9.17) is 4.74 Å². The Bertz CT molecular complexity index is 1710. The fraction of sp³-hybridized carbons (Fsp3) is 0.267. The number of carbonyl (C=O) groups is 1. The van der Waals surface area contributed by atoms with Crippen LogP contribution < -0.4 is 5.32 Å². The van der Waals surface area contributed by atoms with Crippen molar-refractivity contribution in [1.29, 1.82) is 0 Å². The van der Waals surface area contributed by atoms with E-state index in [1.54, 1.807) is 60.9 Å². The number of rotatable bonds is 11. The molecule has 222 valence electrons. The summed E-state index contributed by atoms with van der Waals surface area (Å²) in [5.41, 5.74) is 1.43. The number of aromatic nitrogens is 2. The van der Waals surface area contributed by atoms with Gasteiger partial charge in [0.2, 0.25) is 11.8 Å². The van der Waals surface area contributed by atoms with Crippen molar-refractivity contribution in [3.8, 4) is 11.8 Å². The number of hydrogen-bond donors (Lipinski definition) is 4. The van der Waals surface area contributed by atoms with Gasteiger partial charge < -0.3 is 30.2 Å². The Labute approximate surface area is 248 Å². The zero-order chi connectivity index (χ0) is 30.1. The summed E-state index contributed by atoms with van der Waals surface area (Å²) in [5, 5.41) is 48.8. The second-order valence-corrected chi connectivity index (χ2v) is 11.6. The van der Waals surface area contributed by atoms with Crippen molar-refractivity contribution in [2.24, 2.45) is 5.92 Å². The van der Waals surface area contributed by atoms with Gasteiger partial charge in [-0.2, -0.15) is 0 Å². The molecular formula is C30H28N4O8S. The van der Waals surface area contributed by atoms with Gasteiger partial charge in [0.05, 0.1) is 15.6 Å². The van der Waals surface area contributed by atoms with Gasteiger partial charge in [-0.1, -0.05) is 36.4 Å². The zero-order valence-corrected chi connectivity index (χ0v) is 23.5. The lowest BCUT2D eigenvalue weighted by molar-refractivity contribution is -0.772. The quantitative estimate of drug-likeness (QED) is 0.0703. The monoisotopic (exact) mass is 604 g/mol. The van der Waals surface area contributed by atoms with Crippen molar-refractivity contribution in [1.82, 2.24) is 9.55 Å². The van der Waals surface area contributed by atoms with Crippen LogP contribution in [0.1, 0.15) is 29.9 Å². The molecule has 3 aromatic heterocycles. The third-order valence-corrected chi connectivity index (χ3v) is 8.76. The highest BCUT2D eigenvalue weighted by atomic mass is 32.1. The van der Waals surface area contributed by atoms with Crippen LogP contribution in [0.3, 0.4) is 0 Å². The van der Waals surface area contributed by atoms with E-state index < -0.39 is 35.2 Å². The van der Waals surface area contributed by atoms with Crippen molar-refractivity contribution in [3.63, 3.8) is 0 Å². The van der Waals surface area contributed by atoms with E-state index in [1.165, 1.54) is 15.9 Å². The molecule has 0 saturated heterocycles. The molecular weight excluding hydrogens is 576 g/mol. The first-order valence-electron chi connectivity index (χ1n) is 13.6. The number of aromatic hydroxyl groups is 2. The Balaban J connectivity index is 1.20. The number of carbonyl (C=O) groups excluding carboxylic acids is 1. The molecule has 0 amide bonds. The molecule has 0 unspecified atom stereocenters. The normalized spacial score (nSPS) is 17.7. The van der Waals surface area contributed by atoms with Gasteiger partial charge in [-0.3, -0.25) is 14.3 Å². The molecule has 12 nitrogen and oxygen atoms in total. The molecule has 2 atom stereocenters. The lowest BCUT2D eigenvalue weighted by Crippen LogP contribution is -2.38. The van der Waals surface area contributed by atoms with Gasteiger partial charge in [0.25, 0.3) is 5.09 Å². The Kier molecular flexibility index (Phi) is 7.74. The van der Waals surface area contributed by atoms with Crippen molar-refractivity contribution < 1.29 is 34.8 Å². The fourth-order valence-electron chi connectivity index (χ4n) is 5.32. The van der Waals surface area contributed by atoms with Gasteiger partial charge in [-0.15, -0.1) is 21.5 Å². The number of benzene rings is 2. The molecule has 13 heteroatoms. The minimum atomic E-state index is -1.11. The van der Waals surface area contributed by atoms with Gasteiger partial charge in [0.15, 0.2) is 0 Å². The maximum absolute atomic E-state index is 12.3. The highest BCUT2D eigenvalue weighted by Gasteiger charge is 2.38. The highest BCUT2D eigenvalue weighted by molar-refractivity contribution is 7.22. The number of thiophene rings is 1. The van der Waals surface area contributed by atoms with Crippen LogP contribution in [-0.2, 0) is 27.5 Å². The fourth-order valence-corrected chi connectivity index (χ4v) is 6.28. The molecule has 1 saturated carbocycles. The minimum absolute atomic E-state index is 0.0161. The minimum Gasteiger partial charge on any atom is -0.494 e. The molecule has 4 N–H and O–H groups in total. The number of esters is 1. The van der Waals surface area contributed by atoms with Crippen molar-refractivity contribution in [2.75, 3.05) is 5.32 Å². The van der Waals surface area contributed by atoms with E-state index in [-0.39, 0.29) is 37.8 Å². The van der Waals surface area contributed by atoms with E-state index in [1.807, 2.05) is 12.1 Å². The molecule has 0 radical (unpaired) electrons. The summed E-state index contributed by atoms with van der Waals surface area (Å²) in [4.78, 5) is 31.4. The smallest absolute Gasteiger partial charge is 0.309 e. The number of anilines is 1. The maximum Gasteiger partial charge on any atom is 0.309 e. The van der Waals surface area contributed by atoms with Crippen LogP contribution in [0.25, 0.3) is 20.9 Å². The standard InChI is InChI=1S/C30H28N4O8S/c35-27(32-26-13-19-9-10-31-14-25(19)43-26)24(15-33-28(36)22-3-1-2-4-23(22)29(33)37)18-7-5-17(6-8-18)16-41-30(38)20-11-21(12-20)42-34(39)40/h1-10,13-14,20-21,24,27,32,35-37H,11-12,15-16H2/t20?,21?,24-,27+/m1/s1. The summed E-state index contributed by atoms with van der Waals surface area (Å²) in [6.07, 6.45) is 2.26. The molecule has 1 aliphatic rings. The lowest BCUT2D eigenvalue weighted by Gasteiger charge is -2.31. The molecule has 0 spiro atoms. The van der Waals surface area contributed by atoms with Gasteiger partial charge >= 0.3 is 5.97 Å². The van der Waals surface area contributed by atoms with Crippen LogP contribution in [0.5, 0.6) is 11.8 Å². The zero-order valence-electron chi connectivity index (χ0n) is 22.7. The molecule has 1 fully saturated rings. The summed E-state index contributed by atoms with van der Waals surface area (Å²) in [6, 6.07) is 17.9. The Morgan fingerprint density at radius 1 is 1.12 bits per heavy atom. The average molecular weight is 605 g/mol. The Morgan fingerprint density at radius 3 is 2.47 bits per heavy atom. The number of aliphatic hydroxyl groups is 1. The van der Waals surface area contributed by atoms with Crippen LogP contribution in [0.4, 0.5) is 5.00 Å². The van der Waals surface area contributed by atoms with E-state index in [2.05, 4.69) is 15.1 Å². The number of fused-ring (bicyclic) bond motifs is 2. The van der Waals surface area contributed by atoms with Crippen LogP contribution in [0.2, 0.25) is 0 Å². The van der Waals surface area contributed by atoms with Crippen LogP contribution in [-0.4, -0.2) is 48.3 Å². The van der Waals surface area contributed by atoms with E-state index in [0.717, 1.165) is 15.1 Å². The summed E-state index contributed by atoms with van der Waals surface area (Å²) in [7, 11) is 0. The van der Waals surface area contributed by atoms with E-state index in [0.29, 0.717) is 21.9 Å². The number of nitrogens with zero attached hydrogens (tertiary/aromatic N) is 3. The third-order valence-electron chi connectivity index (χ3n) is 7.75. The van der Waals surface area contributed by atoms with Crippen LogP contribution >= 0.6 is 11.3 Å². The number of pyridine rings is 1. The summed E-state index contributed by atoms with van der Waals surface area (Å²) >= 11 is 1.45. The van der Waals surface area contributed by atoms with E-state index in [9.17, 15) is 30.2 Å². The second kappa shape index (κ2) is 11.8. The first-order chi connectivity index (χ1) is 20.8. The number of ether oxygens (including phenoxy) is 1. The third kappa shape index (κ3) is 5.90. The van der Waals surface area contributed by atoms with Gasteiger partial charge in [-0.05, 0) is 53.6 Å². The average Bonchev–Trinajstić information content (AvgIpc) is 3.50. The SMILES string of the molecule is O=C(OCc1ccc([C@@H](Cn2c(O)c3ccccc3c2O)[C@H](O)Nc2cc3ccncc3s2)cc1)C1CC(O[N+](=O)[O-])C1. The molecule has 43 heavy (non-hydrogen) atoms. The predicted molar refractivity (Wildman–Crippen MR) is 158 cm³/mol. The van der Waals surface area contributed by atoms with Gasteiger partial charge in [-0.25, -0.2) is 0 Å². The topological polar surface area (TPSA) is 169 Å². The molecule has 3 heterocycles. The molecule has 6 rings (SSSR count). The summed E-state index contributed by atoms with van der Waals surface area (Å²) in [5.74, 6) is -1.70. The molecule has 0 bridgehead atoms.